The van der Waals surface area contributed by atoms with Crippen LogP contribution >= 0.6 is 0 Å². The van der Waals surface area contributed by atoms with E-state index in [4.69, 9.17) is 4.74 Å². The molecule has 0 radical (unpaired) electrons. The summed E-state index contributed by atoms with van der Waals surface area (Å²) in [6, 6.07) is 8.03. The van der Waals surface area contributed by atoms with Crippen LogP contribution in [0.15, 0.2) is 61.2 Å². The Kier molecular flexibility index (Phi) is 7.09. The van der Waals surface area contributed by atoms with Crippen molar-refractivity contribution in [1.82, 2.24) is 24.8 Å². The molecule has 2 aromatic heterocycles. The second-order valence-electron chi connectivity index (χ2n) is 8.76. The minimum atomic E-state index is -1.77. The molecule has 0 unspecified atom stereocenters. The van der Waals surface area contributed by atoms with Crippen molar-refractivity contribution in [2.24, 2.45) is 0 Å². The van der Waals surface area contributed by atoms with Gasteiger partial charge in [0.15, 0.2) is 35.4 Å². The Morgan fingerprint density at radius 3 is 2.67 bits per heavy atom. The zero-order valence-corrected chi connectivity index (χ0v) is 20.5. The molecule has 5 N–H and O–H groups in total. The highest BCUT2D eigenvalue weighted by Gasteiger charge is 2.44. The first kappa shape index (κ1) is 26.0. The maximum Gasteiger partial charge on any atom is 0.255 e. The minimum absolute atomic E-state index is 0.0695. The number of fused-ring (bicyclic) bond motifs is 1. The normalized spacial score (nSPS) is 21.0. The van der Waals surface area contributed by atoms with Gasteiger partial charge in [0.2, 0.25) is 0 Å². The fourth-order valence-electron chi connectivity index (χ4n) is 4.32. The number of alkyl halides is 1. The number of phenols is 2. The van der Waals surface area contributed by atoms with Gasteiger partial charge in [0.25, 0.3) is 5.91 Å². The van der Waals surface area contributed by atoms with E-state index in [1.165, 1.54) is 65.8 Å². The highest BCUT2D eigenvalue weighted by atomic mass is 19.1. The fourth-order valence-corrected chi connectivity index (χ4v) is 4.32. The third-order valence-corrected chi connectivity index (χ3v) is 6.32. The van der Waals surface area contributed by atoms with Crippen molar-refractivity contribution in [1.29, 1.82) is 0 Å². The third kappa shape index (κ3) is 4.96. The summed E-state index contributed by atoms with van der Waals surface area (Å²) in [7, 11) is 1.67. The number of anilines is 1. The van der Waals surface area contributed by atoms with E-state index in [0.717, 1.165) is 0 Å². The molecule has 4 aromatic rings. The van der Waals surface area contributed by atoms with Gasteiger partial charge in [-0.3, -0.25) is 9.36 Å². The van der Waals surface area contributed by atoms with Crippen LogP contribution < -0.4 is 10.6 Å². The average Bonchev–Trinajstić information content (AvgIpc) is 3.49. The van der Waals surface area contributed by atoms with Crippen LogP contribution in [0.1, 0.15) is 16.6 Å². The van der Waals surface area contributed by atoms with Crippen LogP contribution in [0, 0.1) is 5.82 Å². The molecule has 0 aliphatic carbocycles. The van der Waals surface area contributed by atoms with Gasteiger partial charge in [0.05, 0.1) is 11.9 Å². The highest BCUT2D eigenvalue weighted by molar-refractivity contribution is 5.99. The second-order valence-corrected chi connectivity index (χ2v) is 8.76. The van der Waals surface area contributed by atoms with Crippen LogP contribution in [0.5, 0.6) is 11.5 Å². The Morgan fingerprint density at radius 1 is 1.15 bits per heavy atom. The highest BCUT2D eigenvalue weighted by Crippen LogP contribution is 2.36. The van der Waals surface area contributed by atoms with E-state index < -0.39 is 47.8 Å². The summed E-state index contributed by atoms with van der Waals surface area (Å²) in [4.78, 5) is 25.2. The molecule has 0 saturated carbocycles. The summed E-state index contributed by atoms with van der Waals surface area (Å²) in [6.07, 6.45) is 0.0217. The molecular weight excluding hydrogens is 514 g/mol. The number of aliphatic hydroxyl groups excluding tert-OH is 1. The minimum Gasteiger partial charge on any atom is -0.504 e. The van der Waals surface area contributed by atoms with Crippen LogP contribution in [-0.2, 0) is 4.74 Å². The van der Waals surface area contributed by atoms with Crippen LogP contribution in [0.25, 0.3) is 22.3 Å². The SMILES string of the molecule is CNc1ncnc2c1ncn2[C@@H]1O[C@H](/C=C/CNC(=O)c2cc(-c3ccc(F)cc3)cc(O)c2O)[C@H](F)[C@H]1O. The molecule has 1 saturated heterocycles. The van der Waals surface area contributed by atoms with Gasteiger partial charge in [-0.2, -0.15) is 0 Å². The molecule has 4 atom stereocenters. The van der Waals surface area contributed by atoms with Crippen LogP contribution in [0.4, 0.5) is 14.6 Å². The first-order valence-electron chi connectivity index (χ1n) is 11.9. The number of halogens is 2. The molecule has 5 rings (SSSR count). The summed E-state index contributed by atoms with van der Waals surface area (Å²) < 4.78 is 35.3. The molecule has 1 aliphatic rings. The van der Waals surface area contributed by atoms with Crippen LogP contribution in [0.3, 0.4) is 0 Å². The van der Waals surface area contributed by atoms with E-state index in [1.807, 2.05) is 0 Å². The van der Waals surface area contributed by atoms with E-state index in [2.05, 4.69) is 25.6 Å². The Balaban J connectivity index is 1.26. The molecule has 202 valence electrons. The lowest BCUT2D eigenvalue weighted by atomic mass is 10.0. The second kappa shape index (κ2) is 10.6. The van der Waals surface area contributed by atoms with E-state index in [9.17, 15) is 28.9 Å². The van der Waals surface area contributed by atoms with Crippen molar-refractivity contribution in [3.05, 3.63) is 72.6 Å². The van der Waals surface area contributed by atoms with Gasteiger partial charge < -0.3 is 30.7 Å². The number of aliphatic hydroxyl groups is 1. The quantitative estimate of drug-likeness (QED) is 0.176. The maximum absolute atomic E-state index is 14.9. The van der Waals surface area contributed by atoms with Crippen LogP contribution in [0.2, 0.25) is 0 Å². The summed E-state index contributed by atoms with van der Waals surface area (Å²) in [5.74, 6) is -1.81. The summed E-state index contributed by atoms with van der Waals surface area (Å²) in [5.41, 5.74) is 1.51. The summed E-state index contributed by atoms with van der Waals surface area (Å²) in [6.45, 7) is -0.0695. The number of hydrogen-bond donors (Lipinski definition) is 5. The number of benzene rings is 2. The number of nitrogens with one attached hydrogen (secondary N) is 2. The number of imidazole rings is 1. The van der Waals surface area contributed by atoms with E-state index in [-0.39, 0.29) is 12.1 Å². The van der Waals surface area contributed by atoms with Gasteiger partial charge in [-0.05, 0) is 35.4 Å². The average molecular weight is 539 g/mol. The molecule has 0 bridgehead atoms. The van der Waals surface area contributed by atoms with E-state index in [0.29, 0.717) is 28.1 Å². The molecule has 1 aliphatic heterocycles. The van der Waals surface area contributed by atoms with Crippen molar-refractivity contribution in [3.63, 3.8) is 0 Å². The Bertz CT molecular complexity index is 1540. The lowest BCUT2D eigenvalue weighted by molar-refractivity contribution is -0.0234. The van der Waals surface area contributed by atoms with Gasteiger partial charge in [-0.25, -0.2) is 23.7 Å². The molecule has 11 nitrogen and oxygen atoms in total. The number of amides is 1. The van der Waals surface area contributed by atoms with Gasteiger partial charge in [-0.1, -0.05) is 24.3 Å². The Morgan fingerprint density at radius 2 is 1.92 bits per heavy atom. The fraction of sp³-hybridized carbons (Fsp3) is 0.231. The largest absolute Gasteiger partial charge is 0.504 e. The number of rotatable bonds is 7. The molecule has 1 fully saturated rings. The molecule has 13 heteroatoms. The number of phenolic OH excluding ortho intramolecular Hbond substituents is 2. The Labute approximate surface area is 220 Å². The lowest BCUT2D eigenvalue weighted by Gasteiger charge is -2.16. The topological polar surface area (TPSA) is 155 Å². The number of nitrogens with zero attached hydrogens (tertiary/aromatic N) is 4. The summed E-state index contributed by atoms with van der Waals surface area (Å²) >= 11 is 0. The number of carbonyl (C=O) groups excluding carboxylic acids is 1. The van der Waals surface area contributed by atoms with Gasteiger partial charge in [0, 0.05) is 13.6 Å². The van der Waals surface area contributed by atoms with Gasteiger partial charge in [-0.15, -0.1) is 0 Å². The van der Waals surface area contributed by atoms with Crippen molar-refractivity contribution in [3.8, 4) is 22.6 Å². The number of carbonyl (C=O) groups is 1. The maximum atomic E-state index is 14.9. The van der Waals surface area contributed by atoms with Crippen molar-refractivity contribution in [2.75, 3.05) is 18.9 Å². The summed E-state index contributed by atoms with van der Waals surface area (Å²) in [5, 5.41) is 36.2. The molecule has 39 heavy (non-hydrogen) atoms. The van der Waals surface area contributed by atoms with Crippen molar-refractivity contribution < 1.29 is 33.6 Å². The Hall–Kier alpha value is -4.62. The smallest absolute Gasteiger partial charge is 0.255 e. The number of aromatic hydroxyl groups is 2. The number of aromatic nitrogens is 4. The van der Waals surface area contributed by atoms with Gasteiger partial charge >= 0.3 is 0 Å². The first-order chi connectivity index (χ1) is 18.8. The van der Waals surface area contributed by atoms with Crippen LogP contribution in [-0.4, -0.2) is 72.7 Å². The molecule has 0 spiro atoms. The van der Waals surface area contributed by atoms with Crippen molar-refractivity contribution in [2.45, 2.75) is 24.6 Å². The van der Waals surface area contributed by atoms with Crippen molar-refractivity contribution >= 4 is 22.9 Å². The monoisotopic (exact) mass is 538 g/mol. The third-order valence-electron chi connectivity index (χ3n) is 6.32. The lowest BCUT2D eigenvalue weighted by Crippen LogP contribution is -2.27. The zero-order valence-electron chi connectivity index (χ0n) is 20.5. The molecular formula is C26H24F2N6O5. The predicted molar refractivity (Wildman–Crippen MR) is 136 cm³/mol. The molecule has 3 heterocycles. The first-order valence-corrected chi connectivity index (χ1v) is 11.9. The number of hydrogen-bond acceptors (Lipinski definition) is 9. The van der Waals surface area contributed by atoms with E-state index in [1.54, 1.807) is 7.05 Å². The van der Waals surface area contributed by atoms with Gasteiger partial charge in [0.1, 0.15) is 29.9 Å². The zero-order chi connectivity index (χ0) is 27.7. The predicted octanol–water partition coefficient (Wildman–Crippen LogP) is 2.67. The van der Waals surface area contributed by atoms with E-state index >= 15 is 0 Å². The molecule has 1 amide bonds. The standard InChI is InChI=1S/C26H24F2N6O5/c1-29-23-20-24(32-11-31-23)34(12-33-20)26-22(37)19(28)18(39-26)3-2-8-30-25(38)16-9-14(10-17(35)21(16)36)13-4-6-15(27)7-5-13/h2-7,9-12,18-19,22,26,35-37H,8H2,1H3,(H,30,38)(H,29,31,32)/b3-2+/t18-,19+,22-,26-/m1/s1. The molecule has 2 aromatic carbocycles. The number of ether oxygens (including phenoxy) is 1.